The lowest BCUT2D eigenvalue weighted by molar-refractivity contribution is -0.199. The van der Waals surface area contributed by atoms with E-state index in [1.807, 2.05) is 0 Å². The monoisotopic (exact) mass is 809 g/mol. The van der Waals surface area contributed by atoms with Crippen LogP contribution >= 0.6 is 0 Å². The maximum absolute atomic E-state index is 14.1. The highest BCUT2D eigenvalue weighted by molar-refractivity contribution is 6.45. The molecule has 0 N–H and O–H groups in total. The van der Waals surface area contributed by atoms with Crippen LogP contribution in [0.3, 0.4) is 0 Å². The molecule has 3 heterocycles. The van der Waals surface area contributed by atoms with Crippen molar-refractivity contribution in [3.63, 3.8) is 0 Å². The van der Waals surface area contributed by atoms with Gasteiger partial charge in [0, 0.05) is 11.5 Å². The van der Waals surface area contributed by atoms with Crippen LogP contribution in [-0.4, -0.2) is 107 Å². The number of rotatable bonds is 9. The molecule has 318 valence electrons. The fraction of sp³-hybridized carbons (Fsp3) is 0.756. The molecule has 17 heteroatoms. The summed E-state index contributed by atoms with van der Waals surface area (Å²) in [7, 11) is -0.493. The number of benzene rings is 1. The molecule has 0 radical (unpaired) electrons. The van der Waals surface area contributed by atoms with E-state index in [4.69, 9.17) is 38.5 Å². The number of ether oxygens (including phenoxy) is 5. The van der Waals surface area contributed by atoms with Gasteiger partial charge in [0.05, 0.1) is 30.8 Å². The minimum Gasteiger partial charge on any atom is -0.486 e. The van der Waals surface area contributed by atoms with Gasteiger partial charge in [0.2, 0.25) is 5.91 Å². The van der Waals surface area contributed by atoms with E-state index < -0.39 is 65.9 Å². The van der Waals surface area contributed by atoms with Crippen LogP contribution in [0.25, 0.3) is 10.4 Å². The number of esters is 1. The van der Waals surface area contributed by atoms with Crippen molar-refractivity contribution in [1.82, 2.24) is 9.80 Å². The van der Waals surface area contributed by atoms with Gasteiger partial charge >= 0.3 is 25.3 Å². The fourth-order valence-electron chi connectivity index (χ4n) is 9.05. The van der Waals surface area contributed by atoms with Crippen molar-refractivity contribution < 1.29 is 52.2 Å². The quantitative estimate of drug-likeness (QED) is 0.0457. The molecule has 16 nitrogen and oxygen atoms in total. The average molecular weight is 810 g/mol. The van der Waals surface area contributed by atoms with Crippen molar-refractivity contribution >= 4 is 31.2 Å². The minimum atomic E-state index is -1.00. The molecule has 3 saturated heterocycles. The average Bonchev–Trinajstić information content (AvgIpc) is 3.63. The van der Waals surface area contributed by atoms with Gasteiger partial charge in [-0.2, -0.15) is 0 Å². The van der Waals surface area contributed by atoms with E-state index in [2.05, 4.69) is 30.8 Å². The first kappa shape index (κ1) is 43.4. The third kappa shape index (κ3) is 9.16. The van der Waals surface area contributed by atoms with Crippen molar-refractivity contribution in [2.75, 3.05) is 19.6 Å². The van der Waals surface area contributed by atoms with Gasteiger partial charge < -0.3 is 37.9 Å². The number of carbonyl (C=O) groups excluding carboxylic acids is 4. The predicted molar refractivity (Wildman–Crippen MR) is 212 cm³/mol. The number of amides is 2. The molecule has 7 rings (SSSR count). The van der Waals surface area contributed by atoms with E-state index in [1.165, 1.54) is 9.80 Å². The zero-order valence-electron chi connectivity index (χ0n) is 36.1. The second-order valence-electron chi connectivity index (χ2n) is 20.2. The Kier molecular flexibility index (Phi) is 11.5. The van der Waals surface area contributed by atoms with E-state index in [-0.39, 0.29) is 60.5 Å². The van der Waals surface area contributed by atoms with Crippen molar-refractivity contribution in [1.29, 1.82) is 0 Å². The highest BCUT2D eigenvalue weighted by Crippen LogP contribution is 2.65. The van der Waals surface area contributed by atoms with Gasteiger partial charge in [-0.25, -0.2) is 14.4 Å². The molecule has 0 aromatic heterocycles. The minimum absolute atomic E-state index is 0.00434. The summed E-state index contributed by atoms with van der Waals surface area (Å²) < 4.78 is 42.3. The number of aryl methyl sites for hydroxylation is 1. The Hall–Kier alpha value is -4.21. The summed E-state index contributed by atoms with van der Waals surface area (Å²) >= 11 is 0. The predicted octanol–water partition coefficient (Wildman–Crippen LogP) is 7.50. The Morgan fingerprint density at radius 2 is 1.57 bits per heavy atom. The Labute approximate surface area is 341 Å². The van der Waals surface area contributed by atoms with Gasteiger partial charge in [0.1, 0.15) is 40.3 Å². The zero-order valence-corrected chi connectivity index (χ0v) is 36.1. The topological polar surface area (TPSA) is 188 Å². The molecule has 0 spiro atoms. The van der Waals surface area contributed by atoms with Crippen LogP contribution in [0.2, 0.25) is 6.32 Å². The maximum Gasteiger partial charge on any atom is 0.514 e. The smallest absolute Gasteiger partial charge is 0.486 e. The van der Waals surface area contributed by atoms with Gasteiger partial charge in [0.15, 0.2) is 5.75 Å². The largest absolute Gasteiger partial charge is 0.514 e. The van der Waals surface area contributed by atoms with Crippen molar-refractivity contribution in [3.8, 4) is 11.5 Å². The van der Waals surface area contributed by atoms with Crippen molar-refractivity contribution in [2.45, 2.75) is 162 Å². The van der Waals surface area contributed by atoms with E-state index >= 15 is 0 Å². The van der Waals surface area contributed by atoms with Gasteiger partial charge in [0.25, 0.3) is 0 Å². The molecule has 0 unspecified atom stereocenters. The van der Waals surface area contributed by atoms with Gasteiger partial charge in [-0.05, 0) is 136 Å². The molecule has 2 bridgehead atoms. The molecule has 3 saturated carbocycles. The highest BCUT2D eigenvalue weighted by Gasteiger charge is 2.67. The zero-order chi connectivity index (χ0) is 42.7. The van der Waals surface area contributed by atoms with E-state index in [9.17, 15) is 19.2 Å². The molecule has 3 aliphatic carbocycles. The molecule has 3 aliphatic heterocycles. The molecular formula is C41H60BN5O11. The normalized spacial score (nSPS) is 27.7. The summed E-state index contributed by atoms with van der Waals surface area (Å²) in [5.74, 6) is -0.0772. The highest BCUT2D eigenvalue weighted by atomic mass is 16.7. The first-order chi connectivity index (χ1) is 26.8. The SMILES string of the molecule is CC(C)(C)OC(=O)Oc1c(CCB2O[C@@H]3C[C@@H]4C[C@@H](C4(C)C)[C@]3(C)O2)ccc(OC2CN(C(=O)[C@@H]3C[C@H](N=[N+]=[N-])CN3C(=O)OC(C)(C)C)C2)c1C(=O)OC(C)(C)C. The molecule has 6 atom stereocenters. The molecule has 6 fully saturated rings. The lowest BCUT2D eigenvalue weighted by atomic mass is 9.43. The molecule has 2 amide bonds. The van der Waals surface area contributed by atoms with Crippen LogP contribution in [0.1, 0.15) is 118 Å². The van der Waals surface area contributed by atoms with Crippen molar-refractivity contribution in [2.24, 2.45) is 22.4 Å². The Morgan fingerprint density at radius 3 is 2.17 bits per heavy atom. The van der Waals surface area contributed by atoms with Crippen LogP contribution < -0.4 is 9.47 Å². The summed E-state index contributed by atoms with van der Waals surface area (Å²) in [4.78, 5) is 59.9. The summed E-state index contributed by atoms with van der Waals surface area (Å²) in [5, 5.41) is 3.76. The lowest BCUT2D eigenvalue weighted by Crippen LogP contribution is -2.65. The summed E-state index contributed by atoms with van der Waals surface area (Å²) in [5.41, 5.74) is 6.69. The van der Waals surface area contributed by atoms with Crippen LogP contribution in [0.5, 0.6) is 11.5 Å². The number of likely N-dealkylation sites (tertiary alicyclic amines) is 2. The van der Waals surface area contributed by atoms with E-state index in [0.717, 1.165) is 12.8 Å². The molecular weight excluding hydrogens is 749 g/mol. The number of hydrogen-bond acceptors (Lipinski definition) is 12. The standard InChI is InChI=1S/C41H60BN5O11/c1-37(2,3)54-34(49)31-28(52-26-21-46(22-26)33(48)27-19-25(44-45-43)20-47(27)35(50)55-38(4,5)6)14-13-23(32(31)53-36(51)56-39(7,8)9)15-16-42-57-30-18-24-17-29(40(24,10)11)41(30,12)58-42/h13-14,24-27,29-30H,15-22H2,1-12H3/t24-,25-,27-,29-,30+,41-/m0/s1. The number of azide groups is 1. The van der Waals surface area contributed by atoms with E-state index in [1.54, 1.807) is 74.4 Å². The van der Waals surface area contributed by atoms with Crippen LogP contribution in [0, 0.1) is 17.3 Å². The lowest BCUT2D eigenvalue weighted by Gasteiger charge is -2.64. The number of carbonyl (C=O) groups is 4. The third-order valence-corrected chi connectivity index (χ3v) is 11.9. The second kappa shape index (κ2) is 15.4. The van der Waals surface area contributed by atoms with Crippen LogP contribution in [-0.2, 0) is 34.7 Å². The summed E-state index contributed by atoms with van der Waals surface area (Å²) in [6.07, 6.45) is 0.743. The molecule has 1 aromatic rings. The van der Waals surface area contributed by atoms with Gasteiger partial charge in [-0.3, -0.25) is 9.69 Å². The Morgan fingerprint density at radius 1 is 0.914 bits per heavy atom. The summed E-state index contributed by atoms with van der Waals surface area (Å²) in [6, 6.07) is 1.89. The molecule has 1 aromatic carbocycles. The fourth-order valence-corrected chi connectivity index (χ4v) is 9.05. The Balaban J connectivity index is 1.23. The Bertz CT molecular complexity index is 1840. The number of hydrogen-bond donors (Lipinski definition) is 0. The third-order valence-electron chi connectivity index (χ3n) is 11.9. The first-order valence-electron chi connectivity index (χ1n) is 20.4. The second-order valence-corrected chi connectivity index (χ2v) is 20.2. The van der Waals surface area contributed by atoms with Crippen molar-refractivity contribution in [3.05, 3.63) is 33.7 Å². The number of nitrogens with zero attached hydrogens (tertiary/aromatic N) is 5. The van der Waals surface area contributed by atoms with Gasteiger partial charge in [-0.1, -0.05) is 25.0 Å². The van der Waals surface area contributed by atoms with Crippen LogP contribution in [0.15, 0.2) is 17.2 Å². The van der Waals surface area contributed by atoms with Gasteiger partial charge in [-0.15, -0.1) is 0 Å². The van der Waals surface area contributed by atoms with E-state index in [0.29, 0.717) is 30.1 Å². The summed E-state index contributed by atoms with van der Waals surface area (Å²) in [6.45, 7) is 22.6. The van der Waals surface area contributed by atoms with Crippen LogP contribution in [0.4, 0.5) is 9.59 Å². The molecule has 58 heavy (non-hydrogen) atoms. The maximum atomic E-state index is 14.1. The molecule has 6 aliphatic rings. The first-order valence-corrected chi connectivity index (χ1v) is 20.4.